The second-order valence-corrected chi connectivity index (χ2v) is 9.20. The zero-order valence-corrected chi connectivity index (χ0v) is 13.9. The third-order valence-corrected chi connectivity index (χ3v) is 6.26. The van der Waals surface area contributed by atoms with Crippen LogP contribution in [0.4, 0.5) is 0 Å². The zero-order chi connectivity index (χ0) is 14.9. The number of amides is 1. The summed E-state index contributed by atoms with van der Waals surface area (Å²) in [7, 11) is 1.55. The van der Waals surface area contributed by atoms with E-state index < -0.39 is 9.05 Å². The van der Waals surface area contributed by atoms with Crippen LogP contribution < -0.4 is 5.32 Å². The van der Waals surface area contributed by atoms with Gasteiger partial charge in [0.1, 0.15) is 0 Å². The lowest BCUT2D eigenvalue weighted by molar-refractivity contribution is 0.0925. The fourth-order valence-corrected chi connectivity index (χ4v) is 5.21. The second kappa shape index (κ2) is 6.03. The van der Waals surface area contributed by atoms with E-state index in [1.165, 1.54) is 12.5 Å². The number of carbonyl (C=O) groups excluding carboxylic acids is 1. The second-order valence-electron chi connectivity index (χ2n) is 5.41. The Morgan fingerprint density at radius 3 is 2.70 bits per heavy atom. The normalized spacial score (nSPS) is 23.6. The predicted molar refractivity (Wildman–Crippen MR) is 81.0 cm³/mol. The smallest absolute Gasteiger partial charge is 0.262 e. The van der Waals surface area contributed by atoms with E-state index in [0.29, 0.717) is 15.7 Å². The number of carbonyl (C=O) groups is 1. The van der Waals surface area contributed by atoms with Gasteiger partial charge in [-0.3, -0.25) is 4.79 Å². The number of aryl methyl sites for hydroxylation is 1. The molecule has 2 unspecified atom stereocenters. The number of rotatable bonds is 3. The summed E-state index contributed by atoms with van der Waals surface area (Å²) in [6.07, 6.45) is 4.30. The monoisotopic (exact) mass is 335 g/mol. The van der Waals surface area contributed by atoms with Crippen molar-refractivity contribution in [1.29, 1.82) is 0 Å². The van der Waals surface area contributed by atoms with Crippen LogP contribution in [0.25, 0.3) is 0 Å². The Labute approximate surface area is 127 Å². The predicted octanol–water partition coefficient (Wildman–Crippen LogP) is 3.29. The molecule has 1 aliphatic rings. The molecule has 1 N–H and O–H groups in total. The van der Waals surface area contributed by atoms with Gasteiger partial charge in [0.2, 0.25) is 0 Å². The van der Waals surface area contributed by atoms with Gasteiger partial charge in [0.15, 0.2) is 0 Å². The van der Waals surface area contributed by atoms with Gasteiger partial charge in [-0.25, -0.2) is 8.42 Å². The molecule has 1 aliphatic carbocycles. The van der Waals surface area contributed by atoms with Crippen LogP contribution in [-0.4, -0.2) is 20.4 Å². The topological polar surface area (TPSA) is 63.2 Å². The van der Waals surface area contributed by atoms with Crippen LogP contribution in [0.15, 0.2) is 11.0 Å². The molecule has 0 saturated heterocycles. The average molecular weight is 336 g/mol. The molecule has 0 bridgehead atoms. The first-order chi connectivity index (χ1) is 9.27. The van der Waals surface area contributed by atoms with E-state index in [1.807, 2.05) is 0 Å². The lowest BCUT2D eigenvalue weighted by atomic mass is 9.87. The maximum absolute atomic E-state index is 12.2. The first kappa shape index (κ1) is 15.8. The van der Waals surface area contributed by atoms with Crippen LogP contribution in [0, 0.1) is 12.8 Å². The number of thiophene rings is 1. The first-order valence-corrected chi connectivity index (χ1v) is 9.76. The average Bonchev–Trinajstić information content (AvgIpc) is 2.71. The molecule has 20 heavy (non-hydrogen) atoms. The van der Waals surface area contributed by atoms with Gasteiger partial charge in [0, 0.05) is 21.6 Å². The van der Waals surface area contributed by atoms with Crippen LogP contribution in [0.2, 0.25) is 0 Å². The van der Waals surface area contributed by atoms with E-state index in [4.69, 9.17) is 10.7 Å². The van der Waals surface area contributed by atoms with Gasteiger partial charge in [0.05, 0.1) is 9.77 Å². The molecule has 1 heterocycles. The van der Waals surface area contributed by atoms with Crippen molar-refractivity contribution in [2.45, 2.75) is 50.5 Å². The molecule has 2 rings (SSSR count). The molecule has 0 radical (unpaired) electrons. The van der Waals surface area contributed by atoms with Crippen LogP contribution in [0.1, 0.15) is 47.2 Å². The summed E-state index contributed by atoms with van der Waals surface area (Å²) < 4.78 is 22.7. The lowest BCUT2D eigenvalue weighted by Gasteiger charge is -2.27. The first-order valence-electron chi connectivity index (χ1n) is 6.63. The lowest BCUT2D eigenvalue weighted by Crippen LogP contribution is -2.37. The molecule has 1 amide bonds. The van der Waals surface area contributed by atoms with Crippen molar-refractivity contribution in [3.05, 3.63) is 15.8 Å². The van der Waals surface area contributed by atoms with Crippen molar-refractivity contribution in [3.63, 3.8) is 0 Å². The Hall–Kier alpha value is -0.590. The fraction of sp³-hybridized carbons (Fsp3) is 0.615. The van der Waals surface area contributed by atoms with Crippen LogP contribution in [0.5, 0.6) is 0 Å². The van der Waals surface area contributed by atoms with Crippen LogP contribution >= 0.6 is 22.0 Å². The van der Waals surface area contributed by atoms with Crippen LogP contribution in [0.3, 0.4) is 0 Å². The van der Waals surface area contributed by atoms with Crippen molar-refractivity contribution in [1.82, 2.24) is 5.32 Å². The van der Waals surface area contributed by atoms with E-state index in [0.717, 1.165) is 30.6 Å². The molecule has 0 aliphatic heterocycles. The van der Waals surface area contributed by atoms with Crippen molar-refractivity contribution in [2.75, 3.05) is 0 Å². The number of hydrogen-bond acceptors (Lipinski definition) is 4. The van der Waals surface area contributed by atoms with E-state index in [9.17, 15) is 13.2 Å². The van der Waals surface area contributed by atoms with Gasteiger partial charge in [-0.05, 0) is 31.7 Å². The summed E-state index contributed by atoms with van der Waals surface area (Å²) in [5, 5.41) is 2.99. The molecule has 2 atom stereocenters. The molecule has 0 spiro atoms. The summed E-state index contributed by atoms with van der Waals surface area (Å²) >= 11 is 1.16. The summed E-state index contributed by atoms with van der Waals surface area (Å²) in [6.45, 7) is 3.84. The number of hydrogen-bond donors (Lipinski definition) is 1. The van der Waals surface area contributed by atoms with E-state index in [-0.39, 0.29) is 16.8 Å². The number of nitrogens with one attached hydrogen (secondary N) is 1. The standard InChI is InChI=1S/C13H18ClNO3S2/c1-8-4-3-5-10(6-8)15-13(16)11-7-12(9(2)19-11)20(14,17)18/h7-8,10H,3-6H2,1-2H3,(H,15,16). The Balaban J connectivity index is 2.10. The molecule has 4 nitrogen and oxygen atoms in total. The van der Waals surface area contributed by atoms with Crippen molar-refractivity contribution < 1.29 is 13.2 Å². The Bertz CT molecular complexity index is 609. The quantitative estimate of drug-likeness (QED) is 0.862. The minimum atomic E-state index is -3.79. The summed E-state index contributed by atoms with van der Waals surface area (Å²) in [5.74, 6) is 0.418. The Kier molecular flexibility index (Phi) is 4.76. The minimum Gasteiger partial charge on any atom is -0.349 e. The van der Waals surface area contributed by atoms with Crippen LogP contribution in [-0.2, 0) is 9.05 Å². The number of halogens is 1. The highest BCUT2D eigenvalue weighted by molar-refractivity contribution is 8.13. The Morgan fingerprint density at radius 1 is 1.45 bits per heavy atom. The summed E-state index contributed by atoms with van der Waals surface area (Å²) in [6, 6.07) is 1.55. The Morgan fingerprint density at radius 2 is 2.15 bits per heavy atom. The SMILES string of the molecule is Cc1sc(C(=O)NC2CCCC(C)C2)cc1S(=O)(=O)Cl. The molecule has 7 heteroatoms. The van der Waals surface area contributed by atoms with Gasteiger partial charge in [0.25, 0.3) is 15.0 Å². The largest absolute Gasteiger partial charge is 0.349 e. The van der Waals surface area contributed by atoms with E-state index in [1.54, 1.807) is 6.92 Å². The van der Waals surface area contributed by atoms with Gasteiger partial charge in [-0.2, -0.15) is 0 Å². The molecule has 1 saturated carbocycles. The highest BCUT2D eigenvalue weighted by Crippen LogP contribution is 2.29. The van der Waals surface area contributed by atoms with Gasteiger partial charge in [-0.1, -0.05) is 19.8 Å². The highest BCUT2D eigenvalue weighted by atomic mass is 35.7. The van der Waals surface area contributed by atoms with Crippen molar-refractivity contribution in [3.8, 4) is 0 Å². The third kappa shape index (κ3) is 3.74. The minimum absolute atomic E-state index is 0.0336. The molecule has 112 valence electrons. The van der Waals surface area contributed by atoms with Gasteiger partial charge < -0.3 is 5.32 Å². The molecule has 1 aromatic rings. The molecule has 1 fully saturated rings. The van der Waals surface area contributed by atoms with Crippen molar-refractivity contribution in [2.24, 2.45) is 5.92 Å². The maximum atomic E-state index is 12.2. The molecular weight excluding hydrogens is 318 g/mol. The fourth-order valence-electron chi connectivity index (χ4n) is 2.64. The van der Waals surface area contributed by atoms with Gasteiger partial charge >= 0.3 is 0 Å². The van der Waals surface area contributed by atoms with E-state index in [2.05, 4.69) is 12.2 Å². The molecular formula is C13H18ClNO3S2. The highest BCUT2D eigenvalue weighted by Gasteiger charge is 2.24. The molecule has 1 aromatic heterocycles. The maximum Gasteiger partial charge on any atom is 0.262 e. The zero-order valence-electron chi connectivity index (χ0n) is 11.5. The van der Waals surface area contributed by atoms with E-state index >= 15 is 0 Å². The van der Waals surface area contributed by atoms with Gasteiger partial charge in [-0.15, -0.1) is 11.3 Å². The summed E-state index contributed by atoms with van der Waals surface area (Å²) in [5.41, 5.74) is 0. The summed E-state index contributed by atoms with van der Waals surface area (Å²) in [4.78, 5) is 13.2. The molecule has 0 aromatic carbocycles. The third-order valence-electron chi connectivity index (χ3n) is 3.63. The van der Waals surface area contributed by atoms with Crippen molar-refractivity contribution >= 4 is 37.0 Å².